The van der Waals surface area contributed by atoms with Crippen LogP contribution in [0.25, 0.3) is 0 Å². The van der Waals surface area contributed by atoms with Gasteiger partial charge in [0.1, 0.15) is 5.75 Å². The standard InChI is InChI=1S/C15H26N2O2/c1-4-15(13-5-7-14(18)8-6-13)16-9-11-19-12-10-17(2)3/h5-8,15-16,18H,4,9-12H2,1-3H3. The number of hydrogen-bond acceptors (Lipinski definition) is 4. The number of nitrogens with zero attached hydrogens (tertiary/aromatic N) is 1. The van der Waals surface area contributed by atoms with Crippen molar-refractivity contribution in [1.29, 1.82) is 0 Å². The largest absolute Gasteiger partial charge is 0.508 e. The first-order chi connectivity index (χ1) is 9.13. The lowest BCUT2D eigenvalue weighted by Crippen LogP contribution is -2.26. The summed E-state index contributed by atoms with van der Waals surface area (Å²) in [5.74, 6) is 0.311. The van der Waals surface area contributed by atoms with Gasteiger partial charge in [-0.15, -0.1) is 0 Å². The van der Waals surface area contributed by atoms with Crippen LogP contribution in [-0.4, -0.2) is 50.4 Å². The first kappa shape index (κ1) is 16.0. The van der Waals surface area contributed by atoms with E-state index in [1.54, 1.807) is 12.1 Å². The molecule has 4 nitrogen and oxygen atoms in total. The van der Waals surface area contributed by atoms with E-state index in [1.807, 2.05) is 26.2 Å². The molecule has 0 radical (unpaired) electrons. The molecular weight excluding hydrogens is 240 g/mol. The molecular formula is C15H26N2O2. The average Bonchev–Trinajstić information content (AvgIpc) is 2.39. The Kier molecular flexibility index (Phi) is 7.48. The van der Waals surface area contributed by atoms with E-state index in [0.29, 0.717) is 11.8 Å². The normalized spacial score (nSPS) is 12.8. The van der Waals surface area contributed by atoms with Gasteiger partial charge < -0.3 is 20.1 Å². The Hall–Kier alpha value is -1.10. The molecule has 1 atom stereocenters. The zero-order valence-electron chi connectivity index (χ0n) is 12.2. The molecule has 0 aliphatic rings. The third-order valence-electron chi connectivity index (χ3n) is 3.02. The maximum Gasteiger partial charge on any atom is 0.115 e. The van der Waals surface area contributed by atoms with Gasteiger partial charge in [-0.25, -0.2) is 0 Å². The van der Waals surface area contributed by atoms with Crippen molar-refractivity contribution in [2.45, 2.75) is 19.4 Å². The Labute approximate surface area is 116 Å². The second kappa shape index (κ2) is 8.91. The summed E-state index contributed by atoms with van der Waals surface area (Å²) in [6.45, 7) is 5.44. The van der Waals surface area contributed by atoms with E-state index >= 15 is 0 Å². The van der Waals surface area contributed by atoms with Crippen LogP contribution in [0.3, 0.4) is 0 Å². The fraction of sp³-hybridized carbons (Fsp3) is 0.600. The van der Waals surface area contributed by atoms with Crippen molar-refractivity contribution in [3.05, 3.63) is 29.8 Å². The summed E-state index contributed by atoms with van der Waals surface area (Å²) in [4.78, 5) is 2.11. The minimum Gasteiger partial charge on any atom is -0.508 e. The lowest BCUT2D eigenvalue weighted by Gasteiger charge is -2.18. The Morgan fingerprint density at radius 3 is 2.47 bits per heavy atom. The van der Waals surface area contributed by atoms with Gasteiger partial charge in [0, 0.05) is 19.1 Å². The fourth-order valence-corrected chi connectivity index (χ4v) is 1.86. The zero-order chi connectivity index (χ0) is 14.1. The highest BCUT2D eigenvalue weighted by molar-refractivity contribution is 5.27. The predicted octanol–water partition coefficient (Wildman–Crippen LogP) is 2.01. The molecule has 0 fully saturated rings. The molecule has 1 unspecified atom stereocenters. The van der Waals surface area contributed by atoms with Crippen molar-refractivity contribution < 1.29 is 9.84 Å². The topological polar surface area (TPSA) is 44.7 Å². The highest BCUT2D eigenvalue weighted by Crippen LogP contribution is 2.19. The number of benzene rings is 1. The second-order valence-electron chi connectivity index (χ2n) is 4.92. The monoisotopic (exact) mass is 266 g/mol. The molecule has 2 N–H and O–H groups in total. The van der Waals surface area contributed by atoms with Gasteiger partial charge in [0.25, 0.3) is 0 Å². The van der Waals surface area contributed by atoms with Crippen LogP contribution in [-0.2, 0) is 4.74 Å². The van der Waals surface area contributed by atoms with Crippen molar-refractivity contribution in [2.24, 2.45) is 0 Å². The van der Waals surface area contributed by atoms with Crippen molar-refractivity contribution in [3.63, 3.8) is 0 Å². The highest BCUT2D eigenvalue weighted by atomic mass is 16.5. The molecule has 1 rings (SSSR count). The number of likely N-dealkylation sites (N-methyl/N-ethyl adjacent to an activating group) is 1. The molecule has 0 saturated carbocycles. The van der Waals surface area contributed by atoms with Crippen LogP contribution in [0.4, 0.5) is 0 Å². The van der Waals surface area contributed by atoms with Gasteiger partial charge in [0.2, 0.25) is 0 Å². The van der Waals surface area contributed by atoms with Crippen molar-refractivity contribution >= 4 is 0 Å². The first-order valence-corrected chi connectivity index (χ1v) is 6.88. The smallest absolute Gasteiger partial charge is 0.115 e. The number of rotatable bonds is 9. The van der Waals surface area contributed by atoms with Crippen molar-refractivity contribution in [1.82, 2.24) is 10.2 Å². The molecule has 0 spiro atoms. The van der Waals surface area contributed by atoms with Gasteiger partial charge in [0.05, 0.1) is 13.2 Å². The van der Waals surface area contributed by atoms with Crippen LogP contribution in [0.1, 0.15) is 24.9 Å². The molecule has 0 saturated heterocycles. The molecule has 0 aliphatic heterocycles. The number of aromatic hydroxyl groups is 1. The molecule has 0 aliphatic carbocycles. The van der Waals surface area contributed by atoms with Crippen molar-refractivity contribution in [3.8, 4) is 5.75 Å². The van der Waals surface area contributed by atoms with E-state index in [1.165, 1.54) is 5.56 Å². The van der Waals surface area contributed by atoms with Gasteiger partial charge in [-0.05, 0) is 38.2 Å². The Balaban J connectivity index is 2.24. The number of ether oxygens (including phenoxy) is 1. The maximum atomic E-state index is 9.28. The molecule has 1 aromatic rings. The van der Waals surface area contributed by atoms with Crippen LogP contribution in [0.2, 0.25) is 0 Å². The van der Waals surface area contributed by atoms with Gasteiger partial charge in [-0.2, -0.15) is 0 Å². The molecule has 0 bridgehead atoms. The summed E-state index contributed by atoms with van der Waals surface area (Å²) >= 11 is 0. The number of phenols is 1. The van der Waals surface area contributed by atoms with Gasteiger partial charge in [0.15, 0.2) is 0 Å². The summed E-state index contributed by atoms with van der Waals surface area (Å²) in [6.07, 6.45) is 1.02. The molecule has 0 amide bonds. The van der Waals surface area contributed by atoms with E-state index in [9.17, 15) is 5.11 Å². The Morgan fingerprint density at radius 1 is 1.21 bits per heavy atom. The predicted molar refractivity (Wildman–Crippen MR) is 78.5 cm³/mol. The third-order valence-corrected chi connectivity index (χ3v) is 3.02. The molecule has 19 heavy (non-hydrogen) atoms. The van der Waals surface area contributed by atoms with Crippen LogP contribution in [0.15, 0.2) is 24.3 Å². The number of nitrogens with one attached hydrogen (secondary N) is 1. The van der Waals surface area contributed by atoms with Crippen LogP contribution >= 0.6 is 0 Å². The van der Waals surface area contributed by atoms with Crippen LogP contribution < -0.4 is 5.32 Å². The molecule has 0 heterocycles. The third kappa shape index (κ3) is 6.57. The SMILES string of the molecule is CCC(NCCOCCN(C)C)c1ccc(O)cc1. The zero-order valence-corrected chi connectivity index (χ0v) is 12.2. The van der Waals surface area contributed by atoms with E-state index in [2.05, 4.69) is 17.1 Å². The molecule has 108 valence electrons. The lowest BCUT2D eigenvalue weighted by atomic mass is 10.0. The summed E-state index contributed by atoms with van der Waals surface area (Å²) in [6, 6.07) is 7.70. The second-order valence-corrected chi connectivity index (χ2v) is 4.92. The Morgan fingerprint density at radius 2 is 1.89 bits per heavy atom. The maximum absolute atomic E-state index is 9.28. The van der Waals surface area contributed by atoms with Gasteiger partial charge in [-0.1, -0.05) is 19.1 Å². The Bertz CT molecular complexity index is 339. The molecule has 1 aromatic carbocycles. The molecule has 4 heteroatoms. The van der Waals surface area contributed by atoms with E-state index < -0.39 is 0 Å². The quantitative estimate of drug-likeness (QED) is 0.671. The minimum absolute atomic E-state index is 0.311. The van der Waals surface area contributed by atoms with E-state index in [4.69, 9.17) is 4.74 Å². The van der Waals surface area contributed by atoms with E-state index in [-0.39, 0.29) is 0 Å². The minimum atomic E-state index is 0.311. The average molecular weight is 266 g/mol. The van der Waals surface area contributed by atoms with E-state index in [0.717, 1.165) is 32.7 Å². The summed E-state index contributed by atoms with van der Waals surface area (Å²) in [7, 11) is 4.08. The number of hydrogen-bond donors (Lipinski definition) is 2. The summed E-state index contributed by atoms with van der Waals surface area (Å²) < 4.78 is 5.55. The number of phenolic OH excluding ortho intramolecular Hbond substituents is 1. The summed E-state index contributed by atoms with van der Waals surface area (Å²) in [5.41, 5.74) is 1.20. The lowest BCUT2D eigenvalue weighted by molar-refractivity contribution is 0.117. The van der Waals surface area contributed by atoms with Crippen LogP contribution in [0, 0.1) is 0 Å². The van der Waals surface area contributed by atoms with Gasteiger partial charge >= 0.3 is 0 Å². The summed E-state index contributed by atoms with van der Waals surface area (Å²) in [5, 5.41) is 12.8. The molecule has 0 aromatic heterocycles. The fourth-order valence-electron chi connectivity index (χ4n) is 1.86. The van der Waals surface area contributed by atoms with Crippen LogP contribution in [0.5, 0.6) is 5.75 Å². The van der Waals surface area contributed by atoms with Gasteiger partial charge in [-0.3, -0.25) is 0 Å². The highest BCUT2D eigenvalue weighted by Gasteiger charge is 2.07. The first-order valence-electron chi connectivity index (χ1n) is 6.88. The van der Waals surface area contributed by atoms with Crippen molar-refractivity contribution in [2.75, 3.05) is 40.4 Å².